The fourth-order valence-corrected chi connectivity index (χ4v) is 1.56. The number of ether oxygens (including phenoxy) is 1. The van der Waals surface area contributed by atoms with Crippen molar-refractivity contribution < 1.29 is 22.7 Å². The molecule has 0 bridgehead atoms. The van der Waals surface area contributed by atoms with E-state index in [1.807, 2.05) is 6.92 Å². The van der Waals surface area contributed by atoms with E-state index < -0.39 is 24.3 Å². The summed E-state index contributed by atoms with van der Waals surface area (Å²) in [5.74, 6) is 0.259. The first-order chi connectivity index (χ1) is 10.5. The molecule has 0 aromatic rings. The number of carbonyl (C=O) groups is 1. The lowest BCUT2D eigenvalue weighted by atomic mass is 10.2. The van der Waals surface area contributed by atoms with Gasteiger partial charge in [-0.1, -0.05) is 0 Å². The van der Waals surface area contributed by atoms with E-state index in [4.69, 9.17) is 4.74 Å². The van der Waals surface area contributed by atoms with Crippen molar-refractivity contribution in [2.75, 3.05) is 33.2 Å². The van der Waals surface area contributed by atoms with Crippen molar-refractivity contribution in [3.05, 3.63) is 0 Å². The molecule has 0 aliphatic heterocycles. The average Bonchev–Trinajstić information content (AvgIpc) is 2.38. The maximum atomic E-state index is 12.1. The van der Waals surface area contributed by atoms with Gasteiger partial charge in [0.15, 0.2) is 5.96 Å². The number of carbonyl (C=O) groups excluding carboxylic acids is 1. The van der Waals surface area contributed by atoms with Crippen LogP contribution in [0.15, 0.2) is 4.99 Å². The standard InChI is InChI=1S/C14H27F3N4O2/c1-6-21(12(22)23-13(2,3)4)10-9-20-11(18-5)19-8-7-14(15,16)17/h6-10H2,1-5H3,(H2,18,19,20). The fraction of sp³-hybridized carbons (Fsp3) is 0.857. The molecule has 0 fully saturated rings. The zero-order valence-electron chi connectivity index (χ0n) is 14.4. The molecule has 6 nitrogen and oxygen atoms in total. The van der Waals surface area contributed by atoms with Gasteiger partial charge in [-0.2, -0.15) is 13.2 Å². The van der Waals surface area contributed by atoms with E-state index in [2.05, 4.69) is 15.6 Å². The van der Waals surface area contributed by atoms with Gasteiger partial charge in [0.25, 0.3) is 0 Å². The average molecular weight is 340 g/mol. The molecule has 0 spiro atoms. The summed E-state index contributed by atoms with van der Waals surface area (Å²) < 4.78 is 41.5. The van der Waals surface area contributed by atoms with E-state index in [1.54, 1.807) is 20.8 Å². The van der Waals surface area contributed by atoms with E-state index in [1.165, 1.54) is 11.9 Å². The van der Waals surface area contributed by atoms with Gasteiger partial charge in [0.2, 0.25) is 0 Å². The van der Waals surface area contributed by atoms with Gasteiger partial charge in [-0.25, -0.2) is 4.79 Å². The zero-order chi connectivity index (χ0) is 18.1. The molecule has 0 aliphatic rings. The lowest BCUT2D eigenvalue weighted by molar-refractivity contribution is -0.132. The second-order valence-electron chi connectivity index (χ2n) is 5.85. The molecule has 0 unspecified atom stereocenters. The second kappa shape index (κ2) is 9.46. The van der Waals surface area contributed by atoms with Crippen LogP contribution in [0, 0.1) is 0 Å². The van der Waals surface area contributed by atoms with Crippen LogP contribution in [0.5, 0.6) is 0 Å². The SMILES string of the molecule is CCN(CCNC(=NC)NCCC(F)(F)F)C(=O)OC(C)(C)C. The fourth-order valence-electron chi connectivity index (χ4n) is 1.56. The van der Waals surface area contributed by atoms with Gasteiger partial charge in [-0.15, -0.1) is 0 Å². The lowest BCUT2D eigenvalue weighted by Crippen LogP contribution is -2.44. The van der Waals surface area contributed by atoms with E-state index >= 15 is 0 Å². The maximum absolute atomic E-state index is 12.1. The smallest absolute Gasteiger partial charge is 0.410 e. The molecule has 0 saturated heterocycles. The van der Waals surface area contributed by atoms with E-state index in [-0.39, 0.29) is 12.5 Å². The number of guanidine groups is 1. The normalized spacial score (nSPS) is 12.8. The van der Waals surface area contributed by atoms with E-state index in [0.717, 1.165) is 0 Å². The van der Waals surface area contributed by atoms with Crippen molar-refractivity contribution in [3.8, 4) is 0 Å². The maximum Gasteiger partial charge on any atom is 0.410 e. The molecule has 0 heterocycles. The van der Waals surface area contributed by atoms with Crippen LogP contribution in [0.3, 0.4) is 0 Å². The number of alkyl halides is 3. The van der Waals surface area contributed by atoms with Gasteiger partial charge in [-0.05, 0) is 27.7 Å². The van der Waals surface area contributed by atoms with Crippen molar-refractivity contribution in [1.29, 1.82) is 0 Å². The summed E-state index contributed by atoms with van der Waals surface area (Å²) in [6, 6.07) is 0. The minimum atomic E-state index is -4.21. The summed E-state index contributed by atoms with van der Waals surface area (Å²) in [6.45, 7) is 8.07. The number of hydrogen-bond acceptors (Lipinski definition) is 3. The first-order valence-electron chi connectivity index (χ1n) is 7.47. The Kier molecular flexibility index (Phi) is 8.78. The number of rotatable bonds is 6. The first-order valence-corrected chi connectivity index (χ1v) is 7.47. The Hall–Kier alpha value is -1.67. The Morgan fingerprint density at radius 1 is 1.17 bits per heavy atom. The van der Waals surface area contributed by atoms with Gasteiger partial charge in [0.05, 0.1) is 6.42 Å². The molecule has 0 atom stereocenters. The molecule has 23 heavy (non-hydrogen) atoms. The Balaban J connectivity index is 4.20. The quantitative estimate of drug-likeness (QED) is 0.575. The molecule has 0 aromatic carbocycles. The van der Waals surface area contributed by atoms with Gasteiger partial charge in [-0.3, -0.25) is 4.99 Å². The largest absolute Gasteiger partial charge is 0.444 e. The molecular weight excluding hydrogens is 313 g/mol. The molecule has 0 radical (unpaired) electrons. The highest BCUT2D eigenvalue weighted by Gasteiger charge is 2.26. The zero-order valence-corrected chi connectivity index (χ0v) is 14.4. The Bertz CT molecular complexity index is 392. The monoisotopic (exact) mass is 340 g/mol. The third-order valence-electron chi connectivity index (χ3n) is 2.63. The minimum Gasteiger partial charge on any atom is -0.444 e. The molecule has 2 N–H and O–H groups in total. The van der Waals surface area contributed by atoms with E-state index in [9.17, 15) is 18.0 Å². The summed E-state index contributed by atoms with van der Waals surface area (Å²) in [4.78, 5) is 17.3. The molecule has 0 saturated carbocycles. The van der Waals surface area contributed by atoms with Gasteiger partial charge in [0.1, 0.15) is 5.60 Å². The van der Waals surface area contributed by atoms with Crippen LogP contribution >= 0.6 is 0 Å². The number of halogens is 3. The van der Waals surface area contributed by atoms with Crippen LogP contribution < -0.4 is 10.6 Å². The Labute approximate surface area is 135 Å². The number of likely N-dealkylation sites (N-methyl/N-ethyl adjacent to an activating group) is 1. The van der Waals surface area contributed by atoms with Crippen molar-refractivity contribution in [3.63, 3.8) is 0 Å². The highest BCUT2D eigenvalue weighted by atomic mass is 19.4. The molecule has 9 heteroatoms. The number of nitrogens with zero attached hydrogens (tertiary/aromatic N) is 2. The van der Waals surface area contributed by atoms with E-state index in [0.29, 0.717) is 19.6 Å². The molecule has 0 aromatic heterocycles. The molecule has 1 amide bonds. The van der Waals surface area contributed by atoms with Crippen molar-refractivity contribution in [1.82, 2.24) is 15.5 Å². The van der Waals surface area contributed by atoms with Crippen LogP contribution in [0.25, 0.3) is 0 Å². The summed E-state index contributed by atoms with van der Waals surface area (Å²) in [7, 11) is 1.47. The summed E-state index contributed by atoms with van der Waals surface area (Å²) in [6.07, 6.45) is -5.57. The predicted octanol–water partition coefficient (Wildman–Crippen LogP) is 2.36. The molecule has 136 valence electrons. The van der Waals surface area contributed by atoms with Gasteiger partial charge < -0.3 is 20.3 Å². The summed E-state index contributed by atoms with van der Waals surface area (Å²) in [5.41, 5.74) is -0.576. The van der Waals surface area contributed by atoms with Gasteiger partial charge >= 0.3 is 12.3 Å². The number of amides is 1. The Morgan fingerprint density at radius 3 is 2.17 bits per heavy atom. The minimum absolute atomic E-state index is 0.257. The third-order valence-corrected chi connectivity index (χ3v) is 2.63. The topological polar surface area (TPSA) is 66.0 Å². The van der Waals surface area contributed by atoms with Crippen LogP contribution in [0.1, 0.15) is 34.1 Å². The predicted molar refractivity (Wildman–Crippen MR) is 83.5 cm³/mol. The van der Waals surface area contributed by atoms with Crippen LogP contribution in [0.4, 0.5) is 18.0 Å². The van der Waals surface area contributed by atoms with Crippen molar-refractivity contribution in [2.24, 2.45) is 4.99 Å². The number of hydrogen-bond donors (Lipinski definition) is 2. The van der Waals surface area contributed by atoms with Gasteiger partial charge in [0, 0.05) is 33.2 Å². The van der Waals surface area contributed by atoms with Crippen molar-refractivity contribution in [2.45, 2.75) is 45.9 Å². The van der Waals surface area contributed by atoms with Crippen LogP contribution in [-0.2, 0) is 4.74 Å². The summed E-state index contributed by atoms with van der Waals surface area (Å²) in [5, 5.41) is 5.43. The third kappa shape index (κ3) is 11.5. The number of nitrogens with one attached hydrogen (secondary N) is 2. The lowest BCUT2D eigenvalue weighted by Gasteiger charge is -2.26. The number of aliphatic imine (C=N–C) groups is 1. The molecule has 0 rings (SSSR count). The summed E-state index contributed by atoms with van der Waals surface area (Å²) >= 11 is 0. The highest BCUT2D eigenvalue weighted by molar-refractivity contribution is 5.79. The molecule has 0 aliphatic carbocycles. The first kappa shape index (κ1) is 21.3. The highest BCUT2D eigenvalue weighted by Crippen LogP contribution is 2.18. The van der Waals surface area contributed by atoms with Crippen molar-refractivity contribution >= 4 is 12.1 Å². The molecular formula is C14H27F3N4O2. The Morgan fingerprint density at radius 2 is 1.74 bits per heavy atom. The van der Waals surface area contributed by atoms with Crippen LogP contribution in [0.2, 0.25) is 0 Å². The second-order valence-corrected chi connectivity index (χ2v) is 5.85. The van der Waals surface area contributed by atoms with Crippen LogP contribution in [-0.4, -0.2) is 62.0 Å².